The number of ether oxygens (including phenoxy) is 2. The van der Waals surface area contributed by atoms with E-state index in [1.54, 1.807) is 11.0 Å². The molecule has 1 aliphatic rings. The van der Waals surface area contributed by atoms with Crippen molar-refractivity contribution < 1.29 is 28.7 Å². The van der Waals surface area contributed by atoms with Crippen LogP contribution >= 0.6 is 11.3 Å². The lowest BCUT2D eigenvalue weighted by Crippen LogP contribution is -2.43. The maximum Gasteiger partial charge on any atom is 0.321 e. The molecule has 2 N–H and O–H groups in total. The number of carbonyl (C=O) groups is 4. The molecule has 148 valence electrons. The number of hydrogen-bond donors (Lipinski definition) is 2. The average molecular weight is 397 g/mol. The van der Waals surface area contributed by atoms with E-state index in [1.807, 2.05) is 11.4 Å². The molecule has 1 aromatic heterocycles. The van der Waals surface area contributed by atoms with Crippen LogP contribution < -0.4 is 10.6 Å². The Balaban J connectivity index is 1.66. The summed E-state index contributed by atoms with van der Waals surface area (Å²) in [5.74, 6) is -1.59. The molecule has 0 aliphatic carbocycles. The fourth-order valence-corrected chi connectivity index (χ4v) is 3.29. The van der Waals surface area contributed by atoms with Crippen molar-refractivity contribution in [3.63, 3.8) is 0 Å². The predicted octanol–water partition coefficient (Wildman–Crippen LogP) is 0.616. The number of hydrogen-bond acceptors (Lipinski definition) is 7. The van der Waals surface area contributed by atoms with Gasteiger partial charge in [-0.15, -0.1) is 11.3 Å². The van der Waals surface area contributed by atoms with Crippen LogP contribution in [0.1, 0.15) is 22.5 Å². The molecule has 9 nitrogen and oxygen atoms in total. The normalized spacial score (nSPS) is 14.5. The first-order chi connectivity index (χ1) is 13.0. The molecule has 0 aromatic carbocycles. The number of carbonyl (C=O) groups excluding carboxylic acids is 4. The minimum Gasteiger partial charge on any atom is -0.455 e. The lowest BCUT2D eigenvalue weighted by atomic mass is 9.97. The van der Waals surface area contributed by atoms with Gasteiger partial charge >= 0.3 is 12.0 Å². The number of rotatable bonds is 7. The molecule has 1 aromatic rings. The van der Waals surface area contributed by atoms with Crippen LogP contribution in [0.25, 0.3) is 0 Å². The molecule has 27 heavy (non-hydrogen) atoms. The number of urea groups is 1. The SMILES string of the molecule is COCCNC(=O)NC(=O)COC(=O)C1CCN(C(=O)c2cccs2)CC1. The minimum absolute atomic E-state index is 0.0318. The molecule has 2 heterocycles. The number of amides is 4. The van der Waals surface area contributed by atoms with Crippen molar-refractivity contribution in [1.82, 2.24) is 15.5 Å². The van der Waals surface area contributed by atoms with Gasteiger partial charge in [0.15, 0.2) is 6.61 Å². The van der Waals surface area contributed by atoms with E-state index in [1.165, 1.54) is 18.4 Å². The second-order valence-electron chi connectivity index (χ2n) is 5.95. The summed E-state index contributed by atoms with van der Waals surface area (Å²) in [6.45, 7) is 0.989. The molecule has 1 aliphatic heterocycles. The van der Waals surface area contributed by atoms with E-state index >= 15 is 0 Å². The molecule has 10 heteroatoms. The molecule has 0 radical (unpaired) electrons. The van der Waals surface area contributed by atoms with Gasteiger partial charge in [-0.05, 0) is 24.3 Å². The highest BCUT2D eigenvalue weighted by atomic mass is 32.1. The summed E-state index contributed by atoms with van der Waals surface area (Å²) < 4.78 is 9.75. The van der Waals surface area contributed by atoms with Gasteiger partial charge in [-0.3, -0.25) is 19.7 Å². The quantitative estimate of drug-likeness (QED) is 0.515. The number of nitrogens with zero attached hydrogens (tertiary/aromatic N) is 1. The molecule has 4 amide bonds. The van der Waals surface area contributed by atoms with Crippen molar-refractivity contribution in [2.45, 2.75) is 12.8 Å². The van der Waals surface area contributed by atoms with E-state index in [-0.39, 0.29) is 18.4 Å². The number of esters is 1. The second kappa shape index (κ2) is 10.6. The number of thiophene rings is 1. The van der Waals surface area contributed by atoms with E-state index in [2.05, 4.69) is 10.6 Å². The molecule has 0 atom stereocenters. The summed E-state index contributed by atoms with van der Waals surface area (Å²) in [5, 5.41) is 6.33. The fraction of sp³-hybridized carbons (Fsp3) is 0.529. The Bertz CT molecular complexity index is 656. The first kappa shape index (κ1) is 20.8. The van der Waals surface area contributed by atoms with Crippen LogP contribution in [0.5, 0.6) is 0 Å². The smallest absolute Gasteiger partial charge is 0.321 e. The van der Waals surface area contributed by atoms with Crippen LogP contribution in [-0.4, -0.2) is 68.7 Å². The van der Waals surface area contributed by atoms with Crippen LogP contribution in [0.2, 0.25) is 0 Å². The maximum absolute atomic E-state index is 12.3. The van der Waals surface area contributed by atoms with Gasteiger partial charge in [0.25, 0.3) is 11.8 Å². The first-order valence-electron chi connectivity index (χ1n) is 8.57. The third-order valence-electron chi connectivity index (χ3n) is 4.04. The first-order valence-corrected chi connectivity index (χ1v) is 9.45. The Morgan fingerprint density at radius 1 is 1.26 bits per heavy atom. The Labute approximate surface area is 161 Å². The zero-order chi connectivity index (χ0) is 19.6. The Kier molecular flexibility index (Phi) is 8.21. The molecule has 0 bridgehead atoms. The van der Waals surface area contributed by atoms with Crippen molar-refractivity contribution in [3.05, 3.63) is 22.4 Å². The van der Waals surface area contributed by atoms with E-state index in [0.29, 0.717) is 37.4 Å². The third-order valence-corrected chi connectivity index (χ3v) is 4.90. The fourth-order valence-electron chi connectivity index (χ4n) is 2.60. The number of nitrogens with one attached hydrogen (secondary N) is 2. The molecule has 2 rings (SSSR count). The number of imide groups is 1. The van der Waals surface area contributed by atoms with Gasteiger partial charge < -0.3 is 19.7 Å². The summed E-state index contributed by atoms with van der Waals surface area (Å²) in [6.07, 6.45) is 0.962. The summed E-state index contributed by atoms with van der Waals surface area (Å²) in [7, 11) is 1.49. The summed E-state index contributed by atoms with van der Waals surface area (Å²) in [6, 6.07) is 2.93. The molecular weight excluding hydrogens is 374 g/mol. The molecule has 0 unspecified atom stereocenters. The number of likely N-dealkylation sites (tertiary alicyclic amines) is 1. The van der Waals surface area contributed by atoms with Crippen LogP contribution in [-0.2, 0) is 19.1 Å². The van der Waals surface area contributed by atoms with Gasteiger partial charge in [0.1, 0.15) is 0 Å². The van der Waals surface area contributed by atoms with Crippen LogP contribution in [0.3, 0.4) is 0 Å². The molecule has 0 spiro atoms. The highest BCUT2D eigenvalue weighted by Gasteiger charge is 2.29. The monoisotopic (exact) mass is 397 g/mol. The van der Waals surface area contributed by atoms with Crippen molar-refractivity contribution >= 4 is 35.2 Å². The van der Waals surface area contributed by atoms with Crippen molar-refractivity contribution in [3.8, 4) is 0 Å². The Morgan fingerprint density at radius 2 is 2.00 bits per heavy atom. The van der Waals surface area contributed by atoms with Gasteiger partial charge in [0.2, 0.25) is 0 Å². The molecule has 1 saturated heterocycles. The maximum atomic E-state index is 12.3. The minimum atomic E-state index is -0.705. The number of piperidine rings is 1. The summed E-state index contributed by atoms with van der Waals surface area (Å²) in [5.41, 5.74) is 0. The summed E-state index contributed by atoms with van der Waals surface area (Å²) in [4.78, 5) is 49.8. The average Bonchev–Trinajstić information content (AvgIpc) is 3.20. The highest BCUT2D eigenvalue weighted by Crippen LogP contribution is 2.21. The van der Waals surface area contributed by atoms with Gasteiger partial charge in [0, 0.05) is 26.7 Å². The lowest BCUT2D eigenvalue weighted by Gasteiger charge is -2.30. The van der Waals surface area contributed by atoms with E-state index in [9.17, 15) is 19.2 Å². The highest BCUT2D eigenvalue weighted by molar-refractivity contribution is 7.12. The van der Waals surface area contributed by atoms with Crippen LogP contribution in [0.4, 0.5) is 4.79 Å². The molecule has 0 saturated carbocycles. The Hall–Kier alpha value is -2.46. The molecular formula is C17H23N3O6S. The summed E-state index contributed by atoms with van der Waals surface area (Å²) >= 11 is 1.39. The lowest BCUT2D eigenvalue weighted by molar-refractivity contribution is -0.153. The van der Waals surface area contributed by atoms with Crippen LogP contribution in [0.15, 0.2) is 17.5 Å². The largest absolute Gasteiger partial charge is 0.455 e. The van der Waals surface area contributed by atoms with E-state index in [4.69, 9.17) is 9.47 Å². The zero-order valence-corrected chi connectivity index (χ0v) is 15.9. The zero-order valence-electron chi connectivity index (χ0n) is 15.1. The standard InChI is InChI=1S/C17H23N3O6S/c1-25-9-6-18-17(24)19-14(21)11-26-16(23)12-4-7-20(8-5-12)15(22)13-3-2-10-27-13/h2-3,10,12H,4-9,11H2,1H3,(H2,18,19,21,24). The predicted molar refractivity (Wildman–Crippen MR) is 97.3 cm³/mol. The van der Waals surface area contributed by atoms with Crippen molar-refractivity contribution in [2.24, 2.45) is 5.92 Å². The van der Waals surface area contributed by atoms with Gasteiger partial charge in [-0.1, -0.05) is 6.07 Å². The van der Waals surface area contributed by atoms with Gasteiger partial charge in [0.05, 0.1) is 17.4 Å². The second-order valence-corrected chi connectivity index (χ2v) is 6.90. The number of methoxy groups -OCH3 is 1. The molecule has 1 fully saturated rings. The van der Waals surface area contributed by atoms with E-state index < -0.39 is 24.5 Å². The topological polar surface area (TPSA) is 114 Å². The van der Waals surface area contributed by atoms with Gasteiger partial charge in [-0.2, -0.15) is 0 Å². The Morgan fingerprint density at radius 3 is 2.63 bits per heavy atom. The van der Waals surface area contributed by atoms with Gasteiger partial charge in [-0.25, -0.2) is 4.79 Å². The van der Waals surface area contributed by atoms with E-state index in [0.717, 1.165) is 0 Å². The third kappa shape index (κ3) is 6.65. The van der Waals surface area contributed by atoms with Crippen LogP contribution in [0, 0.1) is 5.92 Å². The van der Waals surface area contributed by atoms with Crippen molar-refractivity contribution in [1.29, 1.82) is 0 Å². The van der Waals surface area contributed by atoms with Crippen molar-refractivity contribution in [2.75, 3.05) is 40.0 Å².